The first kappa shape index (κ1) is 15.7. The van der Waals surface area contributed by atoms with Crippen LogP contribution < -0.4 is 5.32 Å². The Morgan fingerprint density at radius 2 is 1.33 bits per heavy atom. The second kappa shape index (κ2) is 6.40. The van der Waals surface area contributed by atoms with Gasteiger partial charge in [0.05, 0.1) is 6.04 Å². The number of rotatable bonds is 4. The normalized spacial score (nSPS) is 12.5. The van der Waals surface area contributed by atoms with Gasteiger partial charge < -0.3 is 5.32 Å². The number of nitrogens with one attached hydrogen (secondary N) is 1. The van der Waals surface area contributed by atoms with E-state index in [-0.39, 0.29) is 6.04 Å². The van der Waals surface area contributed by atoms with Crippen LogP contribution in [0.5, 0.6) is 0 Å². The van der Waals surface area contributed by atoms with Crippen molar-refractivity contribution in [1.82, 2.24) is 10.3 Å². The van der Waals surface area contributed by atoms with Crippen LogP contribution in [0.25, 0.3) is 0 Å². The van der Waals surface area contributed by atoms with E-state index in [0.29, 0.717) is 0 Å². The Balaban J connectivity index is 2.67. The Labute approximate surface area is 128 Å². The van der Waals surface area contributed by atoms with Gasteiger partial charge in [0.1, 0.15) is 0 Å². The number of nitrogens with zero attached hydrogens (tertiary/aromatic N) is 1. The molecule has 1 atom stereocenters. The highest BCUT2D eigenvalue weighted by atomic mass is 14.9. The molecule has 1 aromatic carbocycles. The minimum absolute atomic E-state index is 0.232. The summed E-state index contributed by atoms with van der Waals surface area (Å²) >= 11 is 0. The van der Waals surface area contributed by atoms with Crippen LogP contribution in [0.1, 0.15) is 51.9 Å². The van der Waals surface area contributed by atoms with Crippen LogP contribution >= 0.6 is 0 Å². The fourth-order valence-electron chi connectivity index (χ4n) is 3.11. The summed E-state index contributed by atoms with van der Waals surface area (Å²) < 4.78 is 0. The Kier molecular flexibility index (Phi) is 4.79. The number of pyridine rings is 1. The van der Waals surface area contributed by atoms with E-state index in [0.717, 1.165) is 6.54 Å². The molecule has 0 saturated heterocycles. The first-order chi connectivity index (χ1) is 9.99. The lowest BCUT2D eigenvalue weighted by Gasteiger charge is -2.26. The van der Waals surface area contributed by atoms with E-state index in [1.165, 1.54) is 38.9 Å². The van der Waals surface area contributed by atoms with Gasteiger partial charge in [0.25, 0.3) is 0 Å². The minimum Gasteiger partial charge on any atom is -0.307 e. The molecule has 2 rings (SSSR count). The largest absolute Gasteiger partial charge is 0.307 e. The topological polar surface area (TPSA) is 24.9 Å². The van der Waals surface area contributed by atoms with Crippen molar-refractivity contribution in [3.63, 3.8) is 0 Å². The summed E-state index contributed by atoms with van der Waals surface area (Å²) in [4.78, 5) is 4.15. The molecule has 1 heterocycles. The Morgan fingerprint density at radius 1 is 0.857 bits per heavy atom. The third-order valence-corrected chi connectivity index (χ3v) is 4.79. The third kappa shape index (κ3) is 2.86. The lowest BCUT2D eigenvalue weighted by molar-refractivity contribution is 0.622. The van der Waals surface area contributed by atoms with E-state index in [9.17, 15) is 0 Å². The molecule has 0 aliphatic rings. The predicted molar refractivity (Wildman–Crippen MR) is 89.9 cm³/mol. The van der Waals surface area contributed by atoms with Crippen molar-refractivity contribution in [2.45, 2.75) is 47.6 Å². The van der Waals surface area contributed by atoms with Crippen LogP contribution in [-0.2, 0) is 0 Å². The van der Waals surface area contributed by atoms with Crippen LogP contribution in [0.2, 0.25) is 0 Å². The first-order valence-corrected chi connectivity index (χ1v) is 7.69. The highest BCUT2D eigenvalue weighted by Gasteiger charge is 2.21. The van der Waals surface area contributed by atoms with Gasteiger partial charge in [-0.15, -0.1) is 0 Å². The van der Waals surface area contributed by atoms with E-state index >= 15 is 0 Å². The maximum Gasteiger partial charge on any atom is 0.0583 e. The second-order valence-electron chi connectivity index (χ2n) is 5.81. The van der Waals surface area contributed by atoms with E-state index in [1.807, 2.05) is 12.4 Å². The van der Waals surface area contributed by atoms with Crippen molar-refractivity contribution >= 4 is 0 Å². The second-order valence-corrected chi connectivity index (χ2v) is 5.81. The Bertz CT molecular complexity index is 601. The van der Waals surface area contributed by atoms with E-state index in [2.05, 4.69) is 64.0 Å². The lowest BCUT2D eigenvalue weighted by atomic mass is 9.84. The molecule has 1 aromatic heterocycles. The number of hydrogen-bond donors (Lipinski definition) is 1. The molecule has 0 spiro atoms. The summed E-state index contributed by atoms with van der Waals surface area (Å²) in [6, 6.07) is 4.45. The maximum absolute atomic E-state index is 4.15. The van der Waals surface area contributed by atoms with Crippen molar-refractivity contribution in [2.24, 2.45) is 0 Å². The van der Waals surface area contributed by atoms with Crippen molar-refractivity contribution in [3.8, 4) is 0 Å². The van der Waals surface area contributed by atoms with Crippen molar-refractivity contribution < 1.29 is 0 Å². The molecule has 0 amide bonds. The highest BCUT2D eigenvalue weighted by Crippen LogP contribution is 2.33. The fourth-order valence-corrected chi connectivity index (χ4v) is 3.11. The monoisotopic (exact) mass is 282 g/mol. The maximum atomic E-state index is 4.15. The number of hydrogen-bond acceptors (Lipinski definition) is 2. The van der Waals surface area contributed by atoms with Crippen LogP contribution in [0.4, 0.5) is 0 Å². The number of benzene rings is 1. The molecule has 2 nitrogen and oxygen atoms in total. The van der Waals surface area contributed by atoms with Crippen molar-refractivity contribution in [3.05, 3.63) is 63.5 Å². The molecule has 21 heavy (non-hydrogen) atoms. The summed E-state index contributed by atoms with van der Waals surface area (Å²) in [5, 5.41) is 3.64. The van der Waals surface area contributed by atoms with Gasteiger partial charge in [0.15, 0.2) is 0 Å². The Hall–Kier alpha value is -1.67. The molecule has 2 aromatic rings. The zero-order chi connectivity index (χ0) is 15.6. The molecule has 0 bridgehead atoms. The standard InChI is InChI=1S/C19H26N2/c1-7-21-19(17-8-10-20-11-9-17)18-15(5)13(3)12(2)14(4)16(18)6/h8-11,19,21H,7H2,1-6H3. The zero-order valence-corrected chi connectivity index (χ0v) is 14.0. The summed E-state index contributed by atoms with van der Waals surface area (Å²) in [6.07, 6.45) is 3.75. The molecule has 1 N–H and O–H groups in total. The van der Waals surface area contributed by atoms with Crippen LogP contribution in [0, 0.1) is 34.6 Å². The van der Waals surface area contributed by atoms with Gasteiger partial charge in [-0.1, -0.05) is 6.92 Å². The molecule has 0 saturated carbocycles. The van der Waals surface area contributed by atoms with E-state index < -0.39 is 0 Å². The van der Waals surface area contributed by atoms with Gasteiger partial charge in [0.2, 0.25) is 0 Å². The zero-order valence-electron chi connectivity index (χ0n) is 14.0. The Morgan fingerprint density at radius 3 is 1.81 bits per heavy atom. The summed E-state index contributed by atoms with van der Waals surface area (Å²) in [7, 11) is 0. The summed E-state index contributed by atoms with van der Waals surface area (Å²) in [6.45, 7) is 14.3. The van der Waals surface area contributed by atoms with Gasteiger partial charge in [-0.2, -0.15) is 0 Å². The summed E-state index contributed by atoms with van der Waals surface area (Å²) in [5.74, 6) is 0. The van der Waals surface area contributed by atoms with Gasteiger partial charge in [0, 0.05) is 12.4 Å². The molecular formula is C19H26N2. The average Bonchev–Trinajstić information content (AvgIpc) is 2.51. The molecule has 0 radical (unpaired) electrons. The van der Waals surface area contributed by atoms with E-state index in [1.54, 1.807) is 0 Å². The minimum atomic E-state index is 0.232. The SMILES string of the molecule is CCNC(c1ccncc1)c1c(C)c(C)c(C)c(C)c1C. The summed E-state index contributed by atoms with van der Waals surface area (Å²) in [5.41, 5.74) is 9.73. The molecule has 0 aliphatic heterocycles. The van der Waals surface area contributed by atoms with Crippen molar-refractivity contribution in [1.29, 1.82) is 0 Å². The molecule has 0 fully saturated rings. The van der Waals surface area contributed by atoms with Crippen LogP contribution in [0.15, 0.2) is 24.5 Å². The van der Waals surface area contributed by atoms with Gasteiger partial charge in [-0.05, 0) is 92.2 Å². The molecule has 112 valence electrons. The van der Waals surface area contributed by atoms with Gasteiger partial charge in [-0.3, -0.25) is 4.98 Å². The highest BCUT2D eigenvalue weighted by molar-refractivity contribution is 5.52. The first-order valence-electron chi connectivity index (χ1n) is 7.69. The quantitative estimate of drug-likeness (QED) is 0.903. The lowest BCUT2D eigenvalue weighted by Crippen LogP contribution is -2.24. The number of aromatic nitrogens is 1. The van der Waals surface area contributed by atoms with Crippen molar-refractivity contribution in [2.75, 3.05) is 6.54 Å². The molecule has 0 aliphatic carbocycles. The smallest absolute Gasteiger partial charge is 0.0583 e. The molecule has 2 heteroatoms. The fraction of sp³-hybridized carbons (Fsp3) is 0.421. The molecular weight excluding hydrogens is 256 g/mol. The van der Waals surface area contributed by atoms with Crippen LogP contribution in [-0.4, -0.2) is 11.5 Å². The van der Waals surface area contributed by atoms with Gasteiger partial charge in [-0.25, -0.2) is 0 Å². The van der Waals surface area contributed by atoms with Crippen LogP contribution in [0.3, 0.4) is 0 Å². The van der Waals surface area contributed by atoms with Gasteiger partial charge >= 0.3 is 0 Å². The predicted octanol–water partition coefficient (Wildman–Crippen LogP) is 4.32. The molecule has 1 unspecified atom stereocenters. The third-order valence-electron chi connectivity index (χ3n) is 4.79. The average molecular weight is 282 g/mol. The van der Waals surface area contributed by atoms with E-state index in [4.69, 9.17) is 0 Å².